The van der Waals surface area contributed by atoms with Crippen molar-refractivity contribution in [1.29, 1.82) is 0 Å². The van der Waals surface area contributed by atoms with Gasteiger partial charge < -0.3 is 15.1 Å². The quantitative estimate of drug-likeness (QED) is 0.685. The lowest BCUT2D eigenvalue weighted by molar-refractivity contribution is 0.518. The second-order valence-corrected chi connectivity index (χ2v) is 5.56. The summed E-state index contributed by atoms with van der Waals surface area (Å²) in [5, 5.41) is 6.60. The smallest absolute Gasteiger partial charge is 0.225 e. The third-order valence-corrected chi connectivity index (χ3v) is 3.67. The summed E-state index contributed by atoms with van der Waals surface area (Å²) in [5.74, 6) is 2.17. The SMILES string of the molecule is CC[C@H](C)Nc1nc(NCc2ccco2)cc(-c2ccccn2)n1. The molecule has 24 heavy (non-hydrogen) atoms. The third-order valence-electron chi connectivity index (χ3n) is 3.67. The van der Waals surface area contributed by atoms with Gasteiger partial charge in [-0.1, -0.05) is 13.0 Å². The summed E-state index contributed by atoms with van der Waals surface area (Å²) in [5.41, 5.74) is 1.59. The largest absolute Gasteiger partial charge is 0.467 e. The molecule has 0 spiro atoms. The lowest BCUT2D eigenvalue weighted by atomic mass is 10.2. The zero-order valence-electron chi connectivity index (χ0n) is 13.9. The highest BCUT2D eigenvalue weighted by Gasteiger charge is 2.09. The van der Waals surface area contributed by atoms with Gasteiger partial charge in [0.05, 0.1) is 24.2 Å². The Morgan fingerprint density at radius 1 is 1.12 bits per heavy atom. The van der Waals surface area contributed by atoms with Crippen LogP contribution in [0, 0.1) is 0 Å². The molecular formula is C18H21N5O. The molecule has 0 bridgehead atoms. The summed E-state index contributed by atoms with van der Waals surface area (Å²) in [6.07, 6.45) is 4.41. The number of nitrogens with one attached hydrogen (secondary N) is 2. The predicted octanol–water partition coefficient (Wildman–Crippen LogP) is 3.95. The molecule has 0 radical (unpaired) electrons. The van der Waals surface area contributed by atoms with Crippen molar-refractivity contribution in [1.82, 2.24) is 15.0 Å². The second-order valence-electron chi connectivity index (χ2n) is 5.56. The van der Waals surface area contributed by atoms with E-state index in [0.717, 1.165) is 29.4 Å². The van der Waals surface area contributed by atoms with Gasteiger partial charge in [0.1, 0.15) is 11.6 Å². The molecule has 6 nitrogen and oxygen atoms in total. The van der Waals surface area contributed by atoms with Crippen LogP contribution in [0.1, 0.15) is 26.0 Å². The van der Waals surface area contributed by atoms with Crippen molar-refractivity contribution >= 4 is 11.8 Å². The van der Waals surface area contributed by atoms with Gasteiger partial charge in [0.2, 0.25) is 5.95 Å². The normalized spacial score (nSPS) is 11.9. The highest BCUT2D eigenvalue weighted by Crippen LogP contribution is 2.20. The summed E-state index contributed by atoms with van der Waals surface area (Å²) < 4.78 is 5.35. The minimum atomic E-state index is 0.293. The molecule has 3 heterocycles. The van der Waals surface area contributed by atoms with E-state index in [9.17, 15) is 0 Å². The van der Waals surface area contributed by atoms with Crippen molar-refractivity contribution in [2.75, 3.05) is 10.6 Å². The fourth-order valence-corrected chi connectivity index (χ4v) is 2.16. The van der Waals surface area contributed by atoms with Crippen LogP contribution in [0.2, 0.25) is 0 Å². The molecule has 124 valence electrons. The molecule has 0 aliphatic carbocycles. The first-order chi connectivity index (χ1) is 11.7. The number of furan rings is 1. The monoisotopic (exact) mass is 323 g/mol. The molecule has 6 heteroatoms. The number of aromatic nitrogens is 3. The molecule has 1 atom stereocenters. The van der Waals surface area contributed by atoms with E-state index >= 15 is 0 Å². The van der Waals surface area contributed by atoms with Gasteiger partial charge in [0.15, 0.2) is 0 Å². The maximum Gasteiger partial charge on any atom is 0.225 e. The molecular weight excluding hydrogens is 302 g/mol. The number of anilines is 2. The summed E-state index contributed by atoms with van der Waals surface area (Å²) in [7, 11) is 0. The maximum absolute atomic E-state index is 5.35. The topological polar surface area (TPSA) is 75.9 Å². The van der Waals surface area contributed by atoms with Crippen molar-refractivity contribution in [3.05, 3.63) is 54.6 Å². The van der Waals surface area contributed by atoms with Crippen LogP contribution in [0.15, 0.2) is 53.3 Å². The predicted molar refractivity (Wildman–Crippen MR) is 94.7 cm³/mol. The van der Waals surface area contributed by atoms with Gasteiger partial charge >= 0.3 is 0 Å². The van der Waals surface area contributed by atoms with Gasteiger partial charge in [-0.2, -0.15) is 4.98 Å². The van der Waals surface area contributed by atoms with Crippen LogP contribution in [-0.4, -0.2) is 21.0 Å². The molecule has 0 aliphatic rings. The molecule has 0 fully saturated rings. The third kappa shape index (κ3) is 4.10. The highest BCUT2D eigenvalue weighted by molar-refractivity contribution is 5.61. The minimum absolute atomic E-state index is 0.293. The number of hydrogen-bond donors (Lipinski definition) is 2. The number of hydrogen-bond acceptors (Lipinski definition) is 6. The molecule has 0 aromatic carbocycles. The lowest BCUT2D eigenvalue weighted by Crippen LogP contribution is -2.16. The molecule has 0 unspecified atom stereocenters. The Morgan fingerprint density at radius 3 is 2.75 bits per heavy atom. The Bertz CT molecular complexity index is 758. The Balaban J connectivity index is 1.87. The van der Waals surface area contributed by atoms with Crippen molar-refractivity contribution in [3.63, 3.8) is 0 Å². The van der Waals surface area contributed by atoms with Crippen LogP contribution < -0.4 is 10.6 Å². The van der Waals surface area contributed by atoms with Crippen LogP contribution in [0.3, 0.4) is 0 Å². The Labute approximate surface area is 141 Å². The number of nitrogens with zero attached hydrogens (tertiary/aromatic N) is 3. The van der Waals surface area contributed by atoms with Crippen LogP contribution in [-0.2, 0) is 6.54 Å². The van der Waals surface area contributed by atoms with Crippen LogP contribution in [0.25, 0.3) is 11.4 Å². The van der Waals surface area contributed by atoms with Crippen molar-refractivity contribution in [2.45, 2.75) is 32.9 Å². The number of pyridine rings is 1. The van der Waals surface area contributed by atoms with E-state index in [1.54, 1.807) is 12.5 Å². The highest BCUT2D eigenvalue weighted by atomic mass is 16.3. The fourth-order valence-electron chi connectivity index (χ4n) is 2.16. The standard InChI is InChI=1S/C18H21N5O/c1-3-13(2)21-18-22-16(15-8-4-5-9-19-15)11-17(23-18)20-12-14-7-6-10-24-14/h4-11,13H,3,12H2,1-2H3,(H2,20,21,22,23)/t13-/m0/s1. The van der Waals surface area contributed by atoms with Gasteiger partial charge in [-0.05, 0) is 37.6 Å². The van der Waals surface area contributed by atoms with E-state index in [-0.39, 0.29) is 0 Å². The van der Waals surface area contributed by atoms with Gasteiger partial charge in [0, 0.05) is 18.3 Å². The van der Waals surface area contributed by atoms with Crippen LogP contribution >= 0.6 is 0 Å². The molecule has 3 aromatic rings. The fraction of sp³-hybridized carbons (Fsp3) is 0.278. The first-order valence-corrected chi connectivity index (χ1v) is 8.08. The van der Waals surface area contributed by atoms with E-state index in [2.05, 4.69) is 39.4 Å². The maximum atomic E-state index is 5.35. The molecule has 0 amide bonds. The summed E-state index contributed by atoms with van der Waals surface area (Å²) in [6, 6.07) is 11.8. The first-order valence-electron chi connectivity index (χ1n) is 8.08. The Morgan fingerprint density at radius 2 is 2.04 bits per heavy atom. The molecule has 3 rings (SSSR count). The van der Waals surface area contributed by atoms with E-state index in [4.69, 9.17) is 4.42 Å². The Kier molecular flexibility index (Phi) is 5.05. The molecule has 0 saturated heterocycles. The van der Waals surface area contributed by atoms with E-state index in [1.165, 1.54) is 0 Å². The van der Waals surface area contributed by atoms with E-state index in [1.807, 2.05) is 36.4 Å². The first kappa shape index (κ1) is 16.0. The average Bonchev–Trinajstić information content (AvgIpc) is 3.14. The molecule has 3 aromatic heterocycles. The Hall–Kier alpha value is -2.89. The van der Waals surface area contributed by atoms with Gasteiger partial charge in [0.25, 0.3) is 0 Å². The summed E-state index contributed by atoms with van der Waals surface area (Å²) in [4.78, 5) is 13.5. The minimum Gasteiger partial charge on any atom is -0.467 e. The molecule has 0 saturated carbocycles. The van der Waals surface area contributed by atoms with Crippen molar-refractivity contribution in [2.24, 2.45) is 0 Å². The van der Waals surface area contributed by atoms with Crippen molar-refractivity contribution in [3.8, 4) is 11.4 Å². The zero-order chi connectivity index (χ0) is 16.8. The van der Waals surface area contributed by atoms with Gasteiger partial charge in [-0.15, -0.1) is 0 Å². The zero-order valence-corrected chi connectivity index (χ0v) is 13.9. The average molecular weight is 323 g/mol. The molecule has 2 N–H and O–H groups in total. The molecule has 0 aliphatic heterocycles. The van der Waals surface area contributed by atoms with Gasteiger partial charge in [-0.25, -0.2) is 4.98 Å². The van der Waals surface area contributed by atoms with E-state index in [0.29, 0.717) is 18.5 Å². The summed E-state index contributed by atoms with van der Waals surface area (Å²) >= 11 is 0. The van der Waals surface area contributed by atoms with Gasteiger partial charge in [-0.3, -0.25) is 4.98 Å². The second kappa shape index (κ2) is 7.59. The number of rotatable bonds is 7. The van der Waals surface area contributed by atoms with Crippen LogP contribution in [0.4, 0.5) is 11.8 Å². The van der Waals surface area contributed by atoms with Crippen molar-refractivity contribution < 1.29 is 4.42 Å². The summed E-state index contributed by atoms with van der Waals surface area (Å²) in [6.45, 7) is 4.79. The van der Waals surface area contributed by atoms with Crippen LogP contribution in [0.5, 0.6) is 0 Å². The lowest BCUT2D eigenvalue weighted by Gasteiger charge is -2.14. The van der Waals surface area contributed by atoms with E-state index < -0.39 is 0 Å².